The Morgan fingerprint density at radius 3 is 2.77 bits per heavy atom. The number of halogens is 1. The predicted octanol–water partition coefficient (Wildman–Crippen LogP) is 2.93. The first kappa shape index (κ1) is 10.2. The highest BCUT2D eigenvalue weighted by molar-refractivity contribution is 5.29. The Morgan fingerprint density at radius 2 is 2.15 bits per heavy atom. The molecule has 0 saturated carbocycles. The summed E-state index contributed by atoms with van der Waals surface area (Å²) in [6, 6.07) is 5.06. The minimum Gasteiger partial charge on any atom is -0.324 e. The lowest BCUT2D eigenvalue weighted by Gasteiger charge is -2.13. The molecule has 1 aromatic rings. The molecule has 0 aliphatic rings. The zero-order valence-corrected chi connectivity index (χ0v) is 8.18. The van der Waals surface area contributed by atoms with Crippen molar-refractivity contribution in [1.29, 1.82) is 0 Å². The molecule has 0 aliphatic heterocycles. The van der Waals surface area contributed by atoms with Crippen LogP contribution in [0, 0.1) is 12.7 Å². The summed E-state index contributed by atoms with van der Waals surface area (Å²) in [5.74, 6) is -0.163. The fourth-order valence-electron chi connectivity index (χ4n) is 1.49. The Bertz CT molecular complexity index is 283. The topological polar surface area (TPSA) is 26.0 Å². The lowest BCUT2D eigenvalue weighted by atomic mass is 9.98. The quantitative estimate of drug-likeness (QED) is 0.762. The highest BCUT2D eigenvalue weighted by atomic mass is 19.1. The number of benzene rings is 1. The summed E-state index contributed by atoms with van der Waals surface area (Å²) < 4.78 is 13.1. The second-order valence-electron chi connectivity index (χ2n) is 3.35. The van der Waals surface area contributed by atoms with Crippen molar-refractivity contribution >= 4 is 0 Å². The lowest BCUT2D eigenvalue weighted by molar-refractivity contribution is 0.594. The Morgan fingerprint density at radius 1 is 1.46 bits per heavy atom. The van der Waals surface area contributed by atoms with E-state index in [1.54, 1.807) is 13.0 Å². The molecule has 2 N–H and O–H groups in total. The van der Waals surface area contributed by atoms with Crippen LogP contribution in [-0.4, -0.2) is 0 Å². The van der Waals surface area contributed by atoms with E-state index in [9.17, 15) is 4.39 Å². The van der Waals surface area contributed by atoms with E-state index < -0.39 is 0 Å². The van der Waals surface area contributed by atoms with Crippen molar-refractivity contribution in [2.45, 2.75) is 32.7 Å². The maximum Gasteiger partial charge on any atom is 0.126 e. The zero-order chi connectivity index (χ0) is 9.84. The van der Waals surface area contributed by atoms with Crippen LogP contribution >= 0.6 is 0 Å². The van der Waals surface area contributed by atoms with Gasteiger partial charge in [0.15, 0.2) is 0 Å². The maximum absolute atomic E-state index is 13.1. The minimum atomic E-state index is -0.163. The number of hydrogen-bond acceptors (Lipinski definition) is 1. The van der Waals surface area contributed by atoms with Crippen molar-refractivity contribution in [3.8, 4) is 0 Å². The molecule has 13 heavy (non-hydrogen) atoms. The van der Waals surface area contributed by atoms with Crippen molar-refractivity contribution in [2.24, 2.45) is 5.73 Å². The Labute approximate surface area is 78.8 Å². The largest absolute Gasteiger partial charge is 0.324 e. The van der Waals surface area contributed by atoms with E-state index in [0.29, 0.717) is 5.56 Å². The van der Waals surface area contributed by atoms with Crippen LogP contribution in [0.25, 0.3) is 0 Å². The van der Waals surface area contributed by atoms with Gasteiger partial charge in [-0.05, 0) is 30.5 Å². The fraction of sp³-hybridized carbons (Fsp3) is 0.455. The van der Waals surface area contributed by atoms with Crippen LogP contribution < -0.4 is 5.73 Å². The molecule has 72 valence electrons. The van der Waals surface area contributed by atoms with Crippen LogP contribution in [0.1, 0.15) is 36.9 Å². The van der Waals surface area contributed by atoms with Crippen LogP contribution in [0.5, 0.6) is 0 Å². The maximum atomic E-state index is 13.1. The second kappa shape index (κ2) is 4.38. The molecule has 2 heteroatoms. The molecular weight excluding hydrogens is 165 g/mol. The third kappa shape index (κ3) is 2.28. The molecule has 1 rings (SSSR count). The van der Waals surface area contributed by atoms with Crippen LogP contribution in [0.15, 0.2) is 18.2 Å². The van der Waals surface area contributed by atoms with Gasteiger partial charge in [-0.15, -0.1) is 0 Å². The highest BCUT2D eigenvalue weighted by Crippen LogP contribution is 2.21. The Kier molecular flexibility index (Phi) is 3.43. The summed E-state index contributed by atoms with van der Waals surface area (Å²) in [6.07, 6.45) is 1.93. The van der Waals surface area contributed by atoms with Gasteiger partial charge in [-0.2, -0.15) is 0 Å². The number of hydrogen-bond donors (Lipinski definition) is 1. The number of rotatable bonds is 3. The molecule has 0 radical (unpaired) electrons. The standard InChI is InChI=1S/C11H16FN/c1-3-5-11(13)9-6-4-7-10(12)8(9)2/h4,6-7,11H,3,5,13H2,1-2H3. The molecule has 0 amide bonds. The molecule has 0 fully saturated rings. The number of nitrogens with two attached hydrogens (primary N) is 1. The van der Waals surface area contributed by atoms with Crippen molar-refractivity contribution < 1.29 is 4.39 Å². The minimum absolute atomic E-state index is 0.0271. The van der Waals surface area contributed by atoms with Gasteiger partial charge in [-0.3, -0.25) is 0 Å². The molecule has 1 aromatic carbocycles. The Hall–Kier alpha value is -0.890. The van der Waals surface area contributed by atoms with Crippen molar-refractivity contribution in [3.63, 3.8) is 0 Å². The predicted molar refractivity (Wildman–Crippen MR) is 53.0 cm³/mol. The lowest BCUT2D eigenvalue weighted by Crippen LogP contribution is -2.11. The van der Waals surface area contributed by atoms with Crippen LogP contribution in [0.2, 0.25) is 0 Å². The summed E-state index contributed by atoms with van der Waals surface area (Å²) in [7, 11) is 0. The van der Waals surface area contributed by atoms with E-state index >= 15 is 0 Å². The van der Waals surface area contributed by atoms with Crippen molar-refractivity contribution in [3.05, 3.63) is 35.1 Å². The molecule has 0 aromatic heterocycles. The normalized spacial score (nSPS) is 12.9. The third-order valence-corrected chi connectivity index (χ3v) is 2.31. The monoisotopic (exact) mass is 181 g/mol. The van der Waals surface area contributed by atoms with E-state index in [-0.39, 0.29) is 11.9 Å². The first-order valence-corrected chi connectivity index (χ1v) is 4.67. The van der Waals surface area contributed by atoms with Gasteiger partial charge in [0.05, 0.1) is 0 Å². The Balaban J connectivity index is 2.93. The third-order valence-electron chi connectivity index (χ3n) is 2.31. The zero-order valence-electron chi connectivity index (χ0n) is 8.18. The fourth-order valence-corrected chi connectivity index (χ4v) is 1.49. The first-order valence-electron chi connectivity index (χ1n) is 4.67. The van der Waals surface area contributed by atoms with Crippen molar-refractivity contribution in [2.75, 3.05) is 0 Å². The van der Waals surface area contributed by atoms with E-state index in [1.165, 1.54) is 6.07 Å². The van der Waals surface area contributed by atoms with Gasteiger partial charge < -0.3 is 5.73 Å². The van der Waals surface area contributed by atoms with E-state index in [4.69, 9.17) is 5.73 Å². The van der Waals surface area contributed by atoms with Gasteiger partial charge >= 0.3 is 0 Å². The van der Waals surface area contributed by atoms with Crippen molar-refractivity contribution in [1.82, 2.24) is 0 Å². The van der Waals surface area contributed by atoms with E-state index in [2.05, 4.69) is 6.92 Å². The van der Waals surface area contributed by atoms with Crippen LogP contribution in [-0.2, 0) is 0 Å². The molecule has 0 spiro atoms. The van der Waals surface area contributed by atoms with Gasteiger partial charge in [-0.1, -0.05) is 25.5 Å². The molecule has 0 bridgehead atoms. The summed E-state index contributed by atoms with van der Waals surface area (Å²) in [5, 5.41) is 0. The summed E-state index contributed by atoms with van der Waals surface area (Å²) in [5.41, 5.74) is 7.52. The molecular formula is C11H16FN. The van der Waals surface area contributed by atoms with Gasteiger partial charge in [-0.25, -0.2) is 4.39 Å². The summed E-state index contributed by atoms with van der Waals surface area (Å²) in [6.45, 7) is 3.86. The van der Waals surface area contributed by atoms with Crippen LogP contribution in [0.3, 0.4) is 0 Å². The highest BCUT2D eigenvalue weighted by Gasteiger charge is 2.09. The summed E-state index contributed by atoms with van der Waals surface area (Å²) >= 11 is 0. The molecule has 1 nitrogen and oxygen atoms in total. The second-order valence-corrected chi connectivity index (χ2v) is 3.35. The van der Waals surface area contributed by atoms with Gasteiger partial charge in [0.25, 0.3) is 0 Å². The van der Waals surface area contributed by atoms with Crippen LogP contribution in [0.4, 0.5) is 4.39 Å². The molecule has 1 unspecified atom stereocenters. The molecule has 1 atom stereocenters. The summed E-state index contributed by atoms with van der Waals surface area (Å²) in [4.78, 5) is 0. The van der Waals surface area contributed by atoms with Gasteiger partial charge in [0, 0.05) is 6.04 Å². The smallest absolute Gasteiger partial charge is 0.126 e. The van der Waals surface area contributed by atoms with E-state index in [0.717, 1.165) is 18.4 Å². The molecule has 0 aliphatic carbocycles. The molecule has 0 saturated heterocycles. The first-order chi connectivity index (χ1) is 6.16. The van der Waals surface area contributed by atoms with Gasteiger partial charge in [0.2, 0.25) is 0 Å². The SMILES string of the molecule is CCCC(N)c1cccc(F)c1C. The van der Waals surface area contributed by atoms with E-state index in [1.807, 2.05) is 6.07 Å². The average molecular weight is 181 g/mol. The molecule has 0 heterocycles. The van der Waals surface area contributed by atoms with Gasteiger partial charge in [0.1, 0.15) is 5.82 Å². The average Bonchev–Trinajstić information content (AvgIpc) is 2.10.